The summed E-state index contributed by atoms with van der Waals surface area (Å²) in [6.45, 7) is 4.00. The van der Waals surface area contributed by atoms with Gasteiger partial charge < -0.3 is 0 Å². The third-order valence-electron chi connectivity index (χ3n) is 5.15. The third-order valence-corrected chi connectivity index (χ3v) is 5.15. The molecule has 1 saturated carbocycles. The second-order valence-electron chi connectivity index (χ2n) is 7.43. The quantitative estimate of drug-likeness (QED) is 0.485. The maximum absolute atomic E-state index is 12.5. The van der Waals surface area contributed by atoms with Crippen molar-refractivity contribution in [2.24, 2.45) is 5.92 Å². The lowest BCUT2D eigenvalue weighted by atomic mass is 10.1. The number of pyridine rings is 1. The number of aromatic nitrogens is 5. The molecule has 0 atom stereocenters. The zero-order valence-corrected chi connectivity index (χ0v) is 18.2. The predicted molar refractivity (Wildman–Crippen MR) is 124 cm³/mol. The number of rotatable bonds is 6. The van der Waals surface area contributed by atoms with Crippen LogP contribution in [0.3, 0.4) is 0 Å². The average molecular weight is 433 g/mol. The highest BCUT2D eigenvalue weighted by Crippen LogP contribution is 2.30. The Balaban J connectivity index is 0.000000994. The monoisotopic (exact) mass is 432 g/mol. The van der Waals surface area contributed by atoms with E-state index in [0.29, 0.717) is 18.5 Å². The van der Waals surface area contributed by atoms with Gasteiger partial charge in [0, 0.05) is 25.5 Å². The largest absolute Gasteiger partial charge is 0.293 e. The van der Waals surface area contributed by atoms with Crippen LogP contribution < -0.4 is 5.32 Å². The molecule has 1 fully saturated rings. The van der Waals surface area contributed by atoms with Crippen LogP contribution in [0.5, 0.6) is 0 Å². The smallest absolute Gasteiger partial charge is 0.249 e. The second kappa shape index (κ2) is 9.55. The van der Waals surface area contributed by atoms with Crippen LogP contribution in [-0.4, -0.2) is 36.2 Å². The van der Waals surface area contributed by atoms with E-state index in [1.54, 1.807) is 16.9 Å². The number of carbonyl (C=O) groups is 2. The molecular formula is C24H28N6O2. The van der Waals surface area contributed by atoms with Gasteiger partial charge in [-0.3, -0.25) is 14.9 Å². The molecule has 0 radical (unpaired) electrons. The van der Waals surface area contributed by atoms with E-state index < -0.39 is 0 Å². The van der Waals surface area contributed by atoms with Crippen LogP contribution in [0.2, 0.25) is 0 Å². The second-order valence-corrected chi connectivity index (χ2v) is 7.43. The van der Waals surface area contributed by atoms with E-state index in [1.807, 2.05) is 62.4 Å². The molecule has 1 amide bonds. The van der Waals surface area contributed by atoms with Crippen LogP contribution in [0, 0.1) is 5.92 Å². The summed E-state index contributed by atoms with van der Waals surface area (Å²) >= 11 is 0. The first-order valence-electron chi connectivity index (χ1n) is 11.0. The standard InChI is InChI=1S/C22H20N6O2.C2H6.H2/c29-20(12-9-15-5-2-1-3-6-15)27-14-17(13-23-27)18-7-4-8-19-24-22(26-28(18)19)25-21(30)16-10-11-16;1-2;/h1-8,13-14,16H,9-12H2,(H,25,26,30);1-2H3;1H. The van der Waals surface area contributed by atoms with Crippen LogP contribution in [0.25, 0.3) is 16.9 Å². The topological polar surface area (TPSA) is 94.2 Å². The molecule has 0 spiro atoms. The van der Waals surface area contributed by atoms with E-state index in [1.165, 1.54) is 4.68 Å². The Bertz CT molecular complexity index is 1230. The van der Waals surface area contributed by atoms with Crippen molar-refractivity contribution in [3.05, 3.63) is 66.5 Å². The maximum Gasteiger partial charge on any atom is 0.249 e. The van der Waals surface area contributed by atoms with Gasteiger partial charge in [-0.05, 0) is 37.0 Å². The highest BCUT2D eigenvalue weighted by Gasteiger charge is 2.30. The maximum atomic E-state index is 12.5. The SMILES string of the molecule is CC.O=C(Nc1nc2cccc(-c3cnn(C(=O)CCc4ccccc4)c3)n2n1)C1CC1.[HH]. The van der Waals surface area contributed by atoms with Crippen LogP contribution in [-0.2, 0) is 11.2 Å². The summed E-state index contributed by atoms with van der Waals surface area (Å²) in [4.78, 5) is 28.9. The van der Waals surface area contributed by atoms with Crippen molar-refractivity contribution < 1.29 is 11.0 Å². The first kappa shape index (κ1) is 21.4. The highest BCUT2D eigenvalue weighted by atomic mass is 16.2. The van der Waals surface area contributed by atoms with Gasteiger partial charge in [-0.15, -0.1) is 5.10 Å². The van der Waals surface area contributed by atoms with Gasteiger partial charge in [0.05, 0.1) is 11.9 Å². The minimum Gasteiger partial charge on any atom is -0.293 e. The van der Waals surface area contributed by atoms with E-state index in [4.69, 9.17) is 0 Å². The predicted octanol–water partition coefficient (Wildman–Crippen LogP) is 4.49. The molecule has 3 aromatic heterocycles. The molecule has 1 aliphatic carbocycles. The Hall–Kier alpha value is -3.81. The first-order valence-corrected chi connectivity index (χ1v) is 11.0. The zero-order valence-electron chi connectivity index (χ0n) is 18.2. The molecule has 8 nitrogen and oxygen atoms in total. The summed E-state index contributed by atoms with van der Waals surface area (Å²) in [6, 6.07) is 15.5. The van der Waals surface area contributed by atoms with Crippen molar-refractivity contribution in [1.29, 1.82) is 0 Å². The number of hydrogen-bond donors (Lipinski definition) is 1. The average Bonchev–Trinajstić information content (AvgIpc) is 3.43. The fourth-order valence-electron chi connectivity index (χ4n) is 3.34. The molecule has 0 unspecified atom stereocenters. The van der Waals surface area contributed by atoms with E-state index >= 15 is 0 Å². The Morgan fingerprint density at radius 2 is 1.88 bits per heavy atom. The van der Waals surface area contributed by atoms with Crippen molar-refractivity contribution in [2.75, 3.05) is 5.32 Å². The normalized spacial score (nSPS) is 12.8. The summed E-state index contributed by atoms with van der Waals surface area (Å²) in [5, 5.41) is 11.4. The number of hydrogen-bond acceptors (Lipinski definition) is 5. The van der Waals surface area contributed by atoms with Crippen LogP contribution in [0.4, 0.5) is 5.95 Å². The molecule has 166 valence electrons. The van der Waals surface area contributed by atoms with Gasteiger partial charge in [0.1, 0.15) is 0 Å². The molecular weight excluding hydrogens is 404 g/mol. The third kappa shape index (κ3) is 4.74. The van der Waals surface area contributed by atoms with Gasteiger partial charge in [-0.1, -0.05) is 50.2 Å². The summed E-state index contributed by atoms with van der Waals surface area (Å²) in [7, 11) is 0. The van der Waals surface area contributed by atoms with Gasteiger partial charge >= 0.3 is 0 Å². The van der Waals surface area contributed by atoms with Crippen LogP contribution in [0.1, 0.15) is 44.9 Å². The van der Waals surface area contributed by atoms with Crippen molar-refractivity contribution >= 4 is 23.4 Å². The van der Waals surface area contributed by atoms with Crippen LogP contribution >= 0.6 is 0 Å². The number of fused-ring (bicyclic) bond motifs is 1. The van der Waals surface area contributed by atoms with Gasteiger partial charge in [0.15, 0.2) is 5.65 Å². The molecule has 0 saturated heterocycles. The molecule has 1 aliphatic rings. The van der Waals surface area contributed by atoms with Gasteiger partial charge in [-0.25, -0.2) is 9.20 Å². The lowest BCUT2D eigenvalue weighted by Gasteiger charge is -2.02. The van der Waals surface area contributed by atoms with Crippen LogP contribution in [0.15, 0.2) is 60.9 Å². The lowest BCUT2D eigenvalue weighted by molar-refractivity contribution is -0.117. The minimum atomic E-state index is -0.0757. The number of carbonyl (C=O) groups excluding carboxylic acids is 2. The van der Waals surface area contributed by atoms with E-state index in [2.05, 4.69) is 20.5 Å². The molecule has 8 heteroatoms. The lowest BCUT2D eigenvalue weighted by Crippen LogP contribution is -2.14. The van der Waals surface area contributed by atoms with Gasteiger partial charge in [0.2, 0.25) is 17.8 Å². The Morgan fingerprint density at radius 3 is 2.62 bits per heavy atom. The van der Waals surface area contributed by atoms with Gasteiger partial charge in [0.25, 0.3) is 0 Å². The number of amides is 1. The first-order chi connectivity index (χ1) is 15.7. The summed E-state index contributed by atoms with van der Waals surface area (Å²) in [6.07, 6.45) is 6.21. The number of nitrogens with zero attached hydrogens (tertiary/aromatic N) is 5. The zero-order chi connectivity index (χ0) is 22.5. The highest BCUT2D eigenvalue weighted by molar-refractivity contribution is 5.92. The minimum absolute atomic E-state index is 0. The fourth-order valence-corrected chi connectivity index (χ4v) is 3.34. The molecule has 1 N–H and O–H groups in total. The molecule has 0 bridgehead atoms. The van der Waals surface area contributed by atoms with E-state index in [0.717, 1.165) is 29.7 Å². The Kier molecular flexibility index (Phi) is 6.39. The fraction of sp³-hybridized carbons (Fsp3) is 0.292. The van der Waals surface area contributed by atoms with Crippen molar-refractivity contribution in [3.63, 3.8) is 0 Å². The summed E-state index contributed by atoms with van der Waals surface area (Å²) in [5.74, 6) is 0.249. The van der Waals surface area contributed by atoms with E-state index in [9.17, 15) is 9.59 Å². The molecule has 32 heavy (non-hydrogen) atoms. The number of benzene rings is 1. The number of aryl methyl sites for hydroxylation is 1. The number of nitrogens with one attached hydrogen (secondary N) is 1. The van der Waals surface area contributed by atoms with Crippen molar-refractivity contribution in [2.45, 2.75) is 39.5 Å². The van der Waals surface area contributed by atoms with Gasteiger partial charge in [-0.2, -0.15) is 10.1 Å². The van der Waals surface area contributed by atoms with E-state index in [-0.39, 0.29) is 25.1 Å². The summed E-state index contributed by atoms with van der Waals surface area (Å²) in [5.41, 5.74) is 3.22. The van der Waals surface area contributed by atoms with Crippen molar-refractivity contribution in [3.8, 4) is 11.3 Å². The molecule has 1 aromatic carbocycles. The summed E-state index contributed by atoms with van der Waals surface area (Å²) < 4.78 is 3.02. The molecule has 5 rings (SSSR count). The molecule has 4 aromatic rings. The Morgan fingerprint density at radius 1 is 1.09 bits per heavy atom. The Labute approximate surface area is 187 Å². The number of anilines is 1. The molecule has 3 heterocycles. The van der Waals surface area contributed by atoms with Crippen molar-refractivity contribution in [1.82, 2.24) is 24.4 Å². The molecule has 0 aliphatic heterocycles.